The molecular formula is C29H26N4O. The zero-order valence-corrected chi connectivity index (χ0v) is 18.9. The van der Waals surface area contributed by atoms with Gasteiger partial charge < -0.3 is 9.72 Å². The van der Waals surface area contributed by atoms with E-state index in [1.807, 2.05) is 60.7 Å². The monoisotopic (exact) mass is 446 g/mol. The molecule has 5 nitrogen and oxygen atoms in total. The molecular weight excluding hydrogens is 420 g/mol. The average Bonchev–Trinajstić information content (AvgIpc) is 3.27. The van der Waals surface area contributed by atoms with Gasteiger partial charge >= 0.3 is 0 Å². The Labute approximate surface area is 199 Å². The Bertz CT molecular complexity index is 1380. The quantitative estimate of drug-likeness (QED) is 0.349. The summed E-state index contributed by atoms with van der Waals surface area (Å²) < 4.78 is 2.13. The number of rotatable bonds is 8. The van der Waals surface area contributed by atoms with Crippen molar-refractivity contribution in [2.75, 3.05) is 6.54 Å². The maximum absolute atomic E-state index is 12.6. The lowest BCUT2D eigenvalue weighted by molar-refractivity contribution is -0.121. The first kappa shape index (κ1) is 21.6. The summed E-state index contributed by atoms with van der Waals surface area (Å²) in [6.07, 6.45) is 5.61. The van der Waals surface area contributed by atoms with Gasteiger partial charge in [-0.25, -0.2) is 4.98 Å². The summed E-state index contributed by atoms with van der Waals surface area (Å²) in [4.78, 5) is 21.9. The van der Waals surface area contributed by atoms with Crippen molar-refractivity contribution in [3.8, 4) is 22.4 Å². The molecule has 0 bridgehead atoms. The second-order valence-corrected chi connectivity index (χ2v) is 8.21. The van der Waals surface area contributed by atoms with Crippen LogP contribution in [0, 0.1) is 0 Å². The number of pyridine rings is 2. The van der Waals surface area contributed by atoms with Gasteiger partial charge in [-0.2, -0.15) is 0 Å². The highest BCUT2D eigenvalue weighted by Crippen LogP contribution is 2.28. The van der Waals surface area contributed by atoms with Gasteiger partial charge in [-0.3, -0.25) is 9.78 Å². The van der Waals surface area contributed by atoms with Crippen molar-refractivity contribution in [2.45, 2.75) is 19.3 Å². The summed E-state index contributed by atoms with van der Waals surface area (Å²) >= 11 is 0. The van der Waals surface area contributed by atoms with E-state index in [-0.39, 0.29) is 5.91 Å². The topological polar surface area (TPSA) is 59.3 Å². The van der Waals surface area contributed by atoms with Crippen LogP contribution in [0.25, 0.3) is 28.0 Å². The van der Waals surface area contributed by atoms with Gasteiger partial charge in [0.25, 0.3) is 0 Å². The average molecular weight is 447 g/mol. The number of carbonyl (C=O) groups excluding carboxylic acids is 1. The van der Waals surface area contributed by atoms with E-state index in [1.165, 1.54) is 0 Å². The first-order valence-corrected chi connectivity index (χ1v) is 11.6. The van der Waals surface area contributed by atoms with Gasteiger partial charge in [0.05, 0.1) is 11.4 Å². The number of carbonyl (C=O) groups is 1. The molecule has 3 heterocycles. The molecule has 2 aromatic carbocycles. The van der Waals surface area contributed by atoms with Crippen LogP contribution in [0.15, 0.2) is 103 Å². The minimum absolute atomic E-state index is 0.0316. The minimum Gasteiger partial charge on any atom is -0.356 e. The highest BCUT2D eigenvalue weighted by molar-refractivity contribution is 5.77. The van der Waals surface area contributed by atoms with E-state index in [4.69, 9.17) is 4.98 Å². The van der Waals surface area contributed by atoms with Crippen molar-refractivity contribution in [1.82, 2.24) is 19.7 Å². The summed E-state index contributed by atoms with van der Waals surface area (Å²) in [6.45, 7) is 0.576. The smallest absolute Gasteiger partial charge is 0.220 e. The molecule has 34 heavy (non-hydrogen) atoms. The number of benzene rings is 2. The van der Waals surface area contributed by atoms with Crippen molar-refractivity contribution in [1.29, 1.82) is 0 Å². The molecule has 0 aliphatic carbocycles. The fourth-order valence-corrected chi connectivity index (χ4v) is 4.16. The SMILES string of the molecule is O=C(CCc1c(-c2ccccc2)nc2ccc(-c3ccccc3)cn12)NCCc1ccccn1. The zero-order valence-electron chi connectivity index (χ0n) is 18.9. The molecule has 5 heteroatoms. The number of fused-ring (bicyclic) bond motifs is 1. The molecule has 0 aliphatic rings. The number of hydrogen-bond acceptors (Lipinski definition) is 3. The third-order valence-corrected chi connectivity index (χ3v) is 5.89. The molecule has 168 valence electrons. The first-order chi connectivity index (χ1) is 16.8. The highest BCUT2D eigenvalue weighted by atomic mass is 16.1. The summed E-state index contributed by atoms with van der Waals surface area (Å²) in [6, 6.07) is 30.4. The van der Waals surface area contributed by atoms with Crippen molar-refractivity contribution >= 4 is 11.6 Å². The number of amides is 1. The van der Waals surface area contributed by atoms with Crippen LogP contribution in [0.5, 0.6) is 0 Å². The summed E-state index contributed by atoms with van der Waals surface area (Å²) in [7, 11) is 0. The number of imidazole rings is 1. The van der Waals surface area contributed by atoms with Crippen LogP contribution < -0.4 is 5.32 Å². The predicted octanol–water partition coefficient (Wildman–Crippen LogP) is 5.35. The van der Waals surface area contributed by atoms with E-state index in [0.717, 1.165) is 45.8 Å². The predicted molar refractivity (Wildman–Crippen MR) is 135 cm³/mol. The Morgan fingerprint density at radius 1 is 0.765 bits per heavy atom. The van der Waals surface area contributed by atoms with Crippen LogP contribution in [0.1, 0.15) is 17.8 Å². The fourth-order valence-electron chi connectivity index (χ4n) is 4.16. The van der Waals surface area contributed by atoms with Gasteiger partial charge in [0.1, 0.15) is 5.65 Å². The molecule has 0 saturated carbocycles. The van der Waals surface area contributed by atoms with E-state index in [1.54, 1.807) is 6.20 Å². The van der Waals surface area contributed by atoms with Crippen molar-refractivity contribution in [3.63, 3.8) is 0 Å². The number of aromatic nitrogens is 3. The van der Waals surface area contributed by atoms with E-state index >= 15 is 0 Å². The van der Waals surface area contributed by atoms with E-state index in [0.29, 0.717) is 19.4 Å². The Kier molecular flexibility index (Phi) is 6.43. The molecule has 0 unspecified atom stereocenters. The third kappa shape index (κ3) is 4.89. The Morgan fingerprint density at radius 2 is 1.50 bits per heavy atom. The van der Waals surface area contributed by atoms with Crippen LogP contribution in [-0.2, 0) is 17.6 Å². The molecule has 0 saturated heterocycles. The van der Waals surface area contributed by atoms with Crippen molar-refractivity contribution in [3.05, 3.63) is 115 Å². The molecule has 0 spiro atoms. The van der Waals surface area contributed by atoms with E-state index in [2.05, 4.69) is 51.2 Å². The van der Waals surface area contributed by atoms with Crippen LogP contribution in [-0.4, -0.2) is 26.8 Å². The lowest BCUT2D eigenvalue weighted by Gasteiger charge is -2.09. The zero-order chi connectivity index (χ0) is 23.2. The lowest BCUT2D eigenvalue weighted by Crippen LogP contribution is -2.26. The molecule has 1 amide bonds. The molecule has 0 aliphatic heterocycles. The van der Waals surface area contributed by atoms with Crippen molar-refractivity contribution < 1.29 is 4.79 Å². The lowest BCUT2D eigenvalue weighted by atomic mass is 10.1. The molecule has 3 aromatic heterocycles. The van der Waals surface area contributed by atoms with Gasteiger partial charge in [-0.05, 0) is 41.8 Å². The minimum atomic E-state index is 0.0316. The number of hydrogen-bond donors (Lipinski definition) is 1. The maximum atomic E-state index is 12.6. The molecule has 0 radical (unpaired) electrons. The second kappa shape index (κ2) is 10.1. The Balaban J connectivity index is 1.39. The number of nitrogens with one attached hydrogen (secondary N) is 1. The number of aryl methyl sites for hydroxylation is 1. The van der Waals surface area contributed by atoms with Crippen molar-refractivity contribution in [2.24, 2.45) is 0 Å². The van der Waals surface area contributed by atoms with Gasteiger partial charge in [0.15, 0.2) is 0 Å². The van der Waals surface area contributed by atoms with Gasteiger partial charge in [0, 0.05) is 43.0 Å². The highest BCUT2D eigenvalue weighted by Gasteiger charge is 2.16. The van der Waals surface area contributed by atoms with Gasteiger partial charge in [-0.15, -0.1) is 0 Å². The molecule has 5 rings (SSSR count). The summed E-state index contributed by atoms with van der Waals surface area (Å²) in [5.74, 6) is 0.0316. The van der Waals surface area contributed by atoms with Crippen LogP contribution in [0.3, 0.4) is 0 Å². The Hall–Kier alpha value is -4.25. The number of nitrogens with zero attached hydrogens (tertiary/aromatic N) is 3. The van der Waals surface area contributed by atoms with Gasteiger partial charge in [-0.1, -0.05) is 66.7 Å². The molecule has 0 atom stereocenters. The van der Waals surface area contributed by atoms with Crippen LogP contribution in [0.4, 0.5) is 0 Å². The summed E-state index contributed by atoms with van der Waals surface area (Å²) in [5.41, 5.74) is 7.14. The fraction of sp³-hybridized carbons (Fsp3) is 0.138. The van der Waals surface area contributed by atoms with E-state index < -0.39 is 0 Å². The third-order valence-electron chi connectivity index (χ3n) is 5.89. The van der Waals surface area contributed by atoms with Crippen LogP contribution >= 0.6 is 0 Å². The molecule has 5 aromatic rings. The Morgan fingerprint density at radius 3 is 2.24 bits per heavy atom. The maximum Gasteiger partial charge on any atom is 0.220 e. The second-order valence-electron chi connectivity index (χ2n) is 8.21. The van der Waals surface area contributed by atoms with Crippen LogP contribution in [0.2, 0.25) is 0 Å². The molecule has 1 N–H and O–H groups in total. The summed E-state index contributed by atoms with van der Waals surface area (Å²) in [5, 5.41) is 3.03. The largest absolute Gasteiger partial charge is 0.356 e. The normalized spacial score (nSPS) is 10.9. The van der Waals surface area contributed by atoms with E-state index in [9.17, 15) is 4.79 Å². The first-order valence-electron chi connectivity index (χ1n) is 11.6. The molecule has 0 fully saturated rings. The van der Waals surface area contributed by atoms with Gasteiger partial charge in [0.2, 0.25) is 5.91 Å². The standard InChI is InChI=1S/C29H26N4O/c34-28(31-20-18-25-13-7-8-19-30-25)17-15-26-29(23-11-5-2-6-12-23)32-27-16-14-24(21-33(26)27)22-9-3-1-4-10-22/h1-14,16,19,21H,15,17-18,20H2,(H,31,34).